The number of likely N-dealkylation sites (tertiary alicyclic amines) is 1. The predicted octanol–water partition coefficient (Wildman–Crippen LogP) is 2.11. The number of hydrogen-bond donors (Lipinski definition) is 1. The summed E-state index contributed by atoms with van der Waals surface area (Å²) in [6, 6.07) is 0.909. The summed E-state index contributed by atoms with van der Waals surface area (Å²) in [7, 11) is 2.08. The number of nitrogens with one attached hydrogen (secondary N) is 1. The molecule has 2 rings (SSSR count). The van der Waals surface area contributed by atoms with E-state index in [4.69, 9.17) is 0 Å². The van der Waals surface area contributed by atoms with Gasteiger partial charge in [-0.1, -0.05) is 13.3 Å². The van der Waals surface area contributed by atoms with Crippen LogP contribution in [-0.2, 0) is 0 Å². The van der Waals surface area contributed by atoms with Crippen LogP contribution in [0.15, 0.2) is 0 Å². The molecule has 1 heterocycles. The molecule has 1 aliphatic carbocycles. The lowest BCUT2D eigenvalue weighted by atomic mass is 9.77. The maximum Gasteiger partial charge on any atom is 0.0136 e. The van der Waals surface area contributed by atoms with Gasteiger partial charge >= 0.3 is 0 Å². The number of nitrogens with zero attached hydrogens (tertiary/aromatic N) is 1. The van der Waals surface area contributed by atoms with E-state index in [1.165, 1.54) is 51.7 Å². The van der Waals surface area contributed by atoms with Crippen LogP contribution in [0.1, 0.15) is 39.0 Å². The topological polar surface area (TPSA) is 15.3 Å². The third kappa shape index (κ3) is 2.54. The van der Waals surface area contributed by atoms with Crippen LogP contribution in [0.4, 0.5) is 0 Å². The molecule has 3 atom stereocenters. The standard InChI is InChI=1S/C13H26N2/c1-3-11-5-4-8-15(10-11)13-7-6-12(13)9-14-2/h11-14H,3-10H2,1-2H3. The van der Waals surface area contributed by atoms with Crippen LogP contribution in [0.2, 0.25) is 0 Å². The minimum Gasteiger partial charge on any atom is -0.319 e. The van der Waals surface area contributed by atoms with E-state index in [2.05, 4.69) is 24.2 Å². The van der Waals surface area contributed by atoms with Gasteiger partial charge in [0.15, 0.2) is 0 Å². The minimum absolute atomic E-state index is 0.909. The maximum atomic E-state index is 3.34. The van der Waals surface area contributed by atoms with Crippen molar-refractivity contribution < 1.29 is 0 Å². The lowest BCUT2D eigenvalue weighted by molar-refractivity contribution is 0.0286. The lowest BCUT2D eigenvalue weighted by Crippen LogP contribution is -2.53. The molecule has 2 fully saturated rings. The molecule has 15 heavy (non-hydrogen) atoms. The van der Waals surface area contributed by atoms with Gasteiger partial charge in [0.25, 0.3) is 0 Å². The molecule has 1 saturated heterocycles. The molecular formula is C13H26N2. The van der Waals surface area contributed by atoms with Crippen molar-refractivity contribution in [3.8, 4) is 0 Å². The normalized spacial score (nSPS) is 37.6. The van der Waals surface area contributed by atoms with Crippen molar-refractivity contribution in [2.75, 3.05) is 26.7 Å². The van der Waals surface area contributed by atoms with E-state index in [0.29, 0.717) is 0 Å². The van der Waals surface area contributed by atoms with Gasteiger partial charge in [-0.3, -0.25) is 4.90 Å². The van der Waals surface area contributed by atoms with Crippen LogP contribution in [0.3, 0.4) is 0 Å². The second-order valence-corrected chi connectivity index (χ2v) is 5.37. The van der Waals surface area contributed by atoms with E-state index < -0.39 is 0 Å². The second-order valence-electron chi connectivity index (χ2n) is 5.37. The van der Waals surface area contributed by atoms with E-state index in [1.54, 1.807) is 0 Å². The Morgan fingerprint density at radius 1 is 1.27 bits per heavy atom. The summed E-state index contributed by atoms with van der Waals surface area (Å²) in [5, 5.41) is 3.34. The largest absolute Gasteiger partial charge is 0.319 e. The molecule has 2 nitrogen and oxygen atoms in total. The van der Waals surface area contributed by atoms with Crippen LogP contribution in [0.5, 0.6) is 0 Å². The van der Waals surface area contributed by atoms with Crippen LogP contribution < -0.4 is 5.32 Å². The third-order valence-corrected chi connectivity index (χ3v) is 4.44. The van der Waals surface area contributed by atoms with Crippen LogP contribution in [0.25, 0.3) is 0 Å². The molecular weight excluding hydrogens is 184 g/mol. The quantitative estimate of drug-likeness (QED) is 0.764. The molecule has 0 spiro atoms. The molecule has 0 radical (unpaired) electrons. The minimum atomic E-state index is 0.909. The van der Waals surface area contributed by atoms with Gasteiger partial charge in [-0.25, -0.2) is 0 Å². The van der Waals surface area contributed by atoms with Crippen molar-refractivity contribution in [1.29, 1.82) is 0 Å². The predicted molar refractivity (Wildman–Crippen MR) is 65.0 cm³/mol. The first-order chi connectivity index (χ1) is 7.35. The smallest absolute Gasteiger partial charge is 0.0136 e. The highest BCUT2D eigenvalue weighted by Gasteiger charge is 2.36. The Kier molecular flexibility index (Phi) is 4.04. The first kappa shape index (κ1) is 11.4. The monoisotopic (exact) mass is 210 g/mol. The van der Waals surface area contributed by atoms with Gasteiger partial charge in [-0.2, -0.15) is 0 Å². The van der Waals surface area contributed by atoms with E-state index >= 15 is 0 Å². The molecule has 2 aliphatic rings. The fraction of sp³-hybridized carbons (Fsp3) is 1.00. The number of piperidine rings is 1. The molecule has 1 aliphatic heterocycles. The van der Waals surface area contributed by atoms with Crippen LogP contribution in [0, 0.1) is 11.8 Å². The first-order valence-electron chi connectivity index (χ1n) is 6.73. The molecule has 1 N–H and O–H groups in total. The Labute approximate surface area is 94.4 Å². The van der Waals surface area contributed by atoms with E-state index in [1.807, 2.05) is 0 Å². The zero-order valence-electron chi connectivity index (χ0n) is 10.3. The molecule has 1 saturated carbocycles. The van der Waals surface area contributed by atoms with Crippen molar-refractivity contribution in [2.24, 2.45) is 11.8 Å². The van der Waals surface area contributed by atoms with Gasteiger partial charge < -0.3 is 5.32 Å². The molecule has 0 aromatic heterocycles. The fourth-order valence-corrected chi connectivity index (χ4v) is 3.26. The molecule has 2 heteroatoms. The van der Waals surface area contributed by atoms with Crippen molar-refractivity contribution >= 4 is 0 Å². The molecule has 88 valence electrons. The van der Waals surface area contributed by atoms with Gasteiger partial charge in [0.1, 0.15) is 0 Å². The van der Waals surface area contributed by atoms with Gasteiger partial charge in [0, 0.05) is 12.6 Å². The number of rotatable bonds is 4. The zero-order chi connectivity index (χ0) is 10.7. The lowest BCUT2D eigenvalue weighted by Gasteiger charge is -2.47. The summed E-state index contributed by atoms with van der Waals surface area (Å²) in [5.74, 6) is 1.92. The summed E-state index contributed by atoms with van der Waals surface area (Å²) in [6.07, 6.45) is 7.17. The van der Waals surface area contributed by atoms with Gasteiger partial charge in [-0.05, 0) is 57.7 Å². The molecule has 0 aromatic carbocycles. The SMILES string of the molecule is CCC1CCCN(C2CCC2CNC)C1. The summed E-state index contributed by atoms with van der Waals surface area (Å²) >= 11 is 0. The van der Waals surface area contributed by atoms with Crippen molar-refractivity contribution in [1.82, 2.24) is 10.2 Å². The van der Waals surface area contributed by atoms with Crippen LogP contribution in [-0.4, -0.2) is 37.6 Å². The van der Waals surface area contributed by atoms with Gasteiger partial charge in [-0.15, -0.1) is 0 Å². The second kappa shape index (κ2) is 5.31. The van der Waals surface area contributed by atoms with E-state index in [9.17, 15) is 0 Å². The summed E-state index contributed by atoms with van der Waals surface area (Å²) in [5.41, 5.74) is 0. The average molecular weight is 210 g/mol. The highest BCUT2D eigenvalue weighted by Crippen LogP contribution is 2.34. The molecule has 3 unspecified atom stereocenters. The van der Waals surface area contributed by atoms with E-state index in [0.717, 1.165) is 17.9 Å². The average Bonchev–Trinajstić information content (AvgIpc) is 2.25. The number of hydrogen-bond acceptors (Lipinski definition) is 2. The highest BCUT2D eigenvalue weighted by atomic mass is 15.2. The van der Waals surface area contributed by atoms with Crippen molar-refractivity contribution in [3.05, 3.63) is 0 Å². The summed E-state index contributed by atoms with van der Waals surface area (Å²) in [6.45, 7) is 6.31. The molecule has 0 amide bonds. The fourth-order valence-electron chi connectivity index (χ4n) is 3.26. The van der Waals surface area contributed by atoms with Crippen LogP contribution >= 0.6 is 0 Å². The molecule has 0 aromatic rings. The maximum absolute atomic E-state index is 3.34. The zero-order valence-corrected chi connectivity index (χ0v) is 10.3. The highest BCUT2D eigenvalue weighted by molar-refractivity contribution is 4.91. The molecule has 0 bridgehead atoms. The Hall–Kier alpha value is -0.0800. The Bertz CT molecular complexity index is 193. The van der Waals surface area contributed by atoms with Gasteiger partial charge in [0.05, 0.1) is 0 Å². The van der Waals surface area contributed by atoms with E-state index in [-0.39, 0.29) is 0 Å². The Morgan fingerprint density at radius 2 is 2.13 bits per heavy atom. The Balaban J connectivity index is 1.82. The van der Waals surface area contributed by atoms with Crippen molar-refractivity contribution in [3.63, 3.8) is 0 Å². The summed E-state index contributed by atoms with van der Waals surface area (Å²) < 4.78 is 0. The third-order valence-electron chi connectivity index (χ3n) is 4.44. The first-order valence-corrected chi connectivity index (χ1v) is 6.73. The summed E-state index contributed by atoms with van der Waals surface area (Å²) in [4.78, 5) is 2.78. The van der Waals surface area contributed by atoms with Gasteiger partial charge in [0.2, 0.25) is 0 Å². The Morgan fingerprint density at radius 3 is 2.73 bits per heavy atom. The van der Waals surface area contributed by atoms with Crippen molar-refractivity contribution in [2.45, 2.75) is 45.1 Å².